The summed E-state index contributed by atoms with van der Waals surface area (Å²) in [7, 11) is -2.41. The summed E-state index contributed by atoms with van der Waals surface area (Å²) >= 11 is 0. The smallest absolute Gasteiger partial charge is 0.289 e. The van der Waals surface area contributed by atoms with Crippen molar-refractivity contribution >= 4 is 19.1 Å². The second kappa shape index (κ2) is 9.63. The van der Waals surface area contributed by atoms with E-state index in [1.807, 2.05) is 58.0 Å². The topological polar surface area (TPSA) is 51.2 Å². The first-order valence-corrected chi connectivity index (χ1v) is 13.5. The molecule has 0 heterocycles. The van der Waals surface area contributed by atoms with Crippen LogP contribution < -0.4 is 0 Å². The van der Waals surface area contributed by atoms with Gasteiger partial charge in [-0.05, 0) is 72.8 Å². The Morgan fingerprint density at radius 3 is 1.82 bits per heavy atom. The summed E-state index contributed by atoms with van der Waals surface area (Å²) in [6, 6.07) is 10.0. The molecule has 0 saturated heterocycles. The molecule has 0 aliphatic heterocycles. The molecule has 0 radical (unpaired) electrons. The van der Waals surface area contributed by atoms with Gasteiger partial charge in [0.2, 0.25) is 10.9 Å². The summed E-state index contributed by atoms with van der Waals surface area (Å²) < 4.78 is 14.0. The Labute approximate surface area is 200 Å². The first-order valence-electron chi connectivity index (χ1n) is 12.3. The van der Waals surface area contributed by atoms with Gasteiger partial charge in [0.1, 0.15) is 0 Å². The number of carbonyl (C=O) groups is 2. The van der Waals surface area contributed by atoms with Crippen molar-refractivity contribution in [2.45, 2.75) is 97.6 Å². The average Bonchev–Trinajstić information content (AvgIpc) is 3.27. The molecule has 3 nitrogen and oxygen atoms in total. The number of benzene rings is 2. The average molecular weight is 466 g/mol. The van der Waals surface area contributed by atoms with E-state index in [2.05, 4.69) is 20.8 Å². The van der Waals surface area contributed by atoms with Crippen LogP contribution in [0.3, 0.4) is 0 Å². The minimum absolute atomic E-state index is 0.0393. The van der Waals surface area contributed by atoms with Gasteiger partial charge in [-0.2, -0.15) is 0 Å². The number of hydrogen-bond acceptors (Lipinski definition) is 3. The molecule has 2 aromatic carbocycles. The van der Waals surface area contributed by atoms with Gasteiger partial charge in [0.15, 0.2) is 0 Å². The lowest BCUT2D eigenvalue weighted by molar-refractivity contribution is 0.0929. The molecular formula is C29H38O3P+. The Kier molecular flexibility index (Phi) is 7.44. The van der Waals surface area contributed by atoms with Crippen LogP contribution in [0.1, 0.15) is 109 Å². The highest BCUT2D eigenvalue weighted by atomic mass is 31.1. The van der Waals surface area contributed by atoms with Crippen LogP contribution in [0.4, 0.5) is 0 Å². The van der Waals surface area contributed by atoms with Crippen LogP contribution in [0.5, 0.6) is 0 Å². The van der Waals surface area contributed by atoms with E-state index >= 15 is 0 Å². The van der Waals surface area contributed by atoms with Gasteiger partial charge in [-0.1, -0.05) is 69.5 Å². The number of ketones is 1. The highest BCUT2D eigenvalue weighted by Gasteiger charge is 2.61. The zero-order valence-corrected chi connectivity index (χ0v) is 22.2. The molecule has 0 aromatic heterocycles. The molecule has 1 unspecified atom stereocenters. The summed E-state index contributed by atoms with van der Waals surface area (Å²) in [4.78, 5) is 27.9. The molecule has 1 aliphatic rings. The molecule has 176 valence electrons. The van der Waals surface area contributed by atoms with Crippen LogP contribution in [0.15, 0.2) is 30.3 Å². The monoisotopic (exact) mass is 465 g/mol. The molecule has 0 N–H and O–H groups in total. The third-order valence-corrected chi connectivity index (χ3v) is 9.29. The lowest BCUT2D eigenvalue weighted by atomic mass is 9.84. The summed E-state index contributed by atoms with van der Waals surface area (Å²) in [6.45, 7) is 14.4. The number of carbonyl (C=O) groups excluding carboxylic acids is 2. The maximum atomic E-state index is 14.1. The van der Waals surface area contributed by atoms with Crippen LogP contribution in [-0.4, -0.2) is 16.5 Å². The van der Waals surface area contributed by atoms with E-state index in [9.17, 15) is 14.2 Å². The molecule has 1 fully saturated rings. The fourth-order valence-electron chi connectivity index (χ4n) is 5.28. The Bertz CT molecular complexity index is 1050. The lowest BCUT2D eigenvalue weighted by Crippen LogP contribution is -2.35. The number of hydrogen-bond donors (Lipinski definition) is 0. The van der Waals surface area contributed by atoms with Gasteiger partial charge >= 0.3 is 13.3 Å². The van der Waals surface area contributed by atoms with Gasteiger partial charge in [-0.3, -0.25) is 4.79 Å². The summed E-state index contributed by atoms with van der Waals surface area (Å²) in [5.74, 6) is -0.0784. The highest BCUT2D eigenvalue weighted by Crippen LogP contribution is 2.55. The van der Waals surface area contributed by atoms with Crippen molar-refractivity contribution in [2.75, 3.05) is 0 Å². The van der Waals surface area contributed by atoms with E-state index in [1.165, 1.54) is 0 Å². The second-order valence-corrected chi connectivity index (χ2v) is 12.4. The zero-order chi connectivity index (χ0) is 24.6. The van der Waals surface area contributed by atoms with Crippen molar-refractivity contribution in [2.24, 2.45) is 0 Å². The molecule has 0 spiro atoms. The SMILES string of the molecule is CCc1cccc(CC)c1C(=O)C1([P+](=O)C(=O)c2c(C)cc(C(C)(C)C)cc2C)CCCC1. The van der Waals surface area contributed by atoms with Crippen LogP contribution in [0, 0.1) is 13.8 Å². The molecule has 1 aliphatic carbocycles. The van der Waals surface area contributed by atoms with Gasteiger partial charge in [0.25, 0.3) is 0 Å². The maximum Gasteiger partial charge on any atom is 0.434 e. The fourth-order valence-corrected chi connectivity index (χ4v) is 7.24. The van der Waals surface area contributed by atoms with Gasteiger partial charge in [0.05, 0.1) is 5.56 Å². The Morgan fingerprint density at radius 2 is 1.39 bits per heavy atom. The van der Waals surface area contributed by atoms with E-state index in [4.69, 9.17) is 0 Å². The summed E-state index contributed by atoms with van der Waals surface area (Å²) in [5.41, 5.74) is 5.66. The minimum atomic E-state index is -2.41. The van der Waals surface area contributed by atoms with E-state index in [0.29, 0.717) is 24.0 Å². The van der Waals surface area contributed by atoms with Crippen molar-refractivity contribution in [3.63, 3.8) is 0 Å². The molecule has 1 saturated carbocycles. The third kappa shape index (κ3) is 4.62. The van der Waals surface area contributed by atoms with Gasteiger partial charge in [-0.15, -0.1) is 0 Å². The normalized spacial score (nSPS) is 16.0. The van der Waals surface area contributed by atoms with Gasteiger partial charge in [-0.25, -0.2) is 4.79 Å². The van der Waals surface area contributed by atoms with Crippen molar-refractivity contribution in [3.8, 4) is 0 Å². The molecule has 0 bridgehead atoms. The predicted molar refractivity (Wildman–Crippen MR) is 137 cm³/mol. The second-order valence-electron chi connectivity index (χ2n) is 10.6. The Balaban J connectivity index is 2.10. The molecule has 2 aromatic rings. The van der Waals surface area contributed by atoms with Crippen LogP contribution in [-0.2, 0) is 22.8 Å². The molecule has 4 heteroatoms. The van der Waals surface area contributed by atoms with Crippen LogP contribution in [0.2, 0.25) is 0 Å². The quantitative estimate of drug-likeness (QED) is 0.309. The Morgan fingerprint density at radius 1 is 0.909 bits per heavy atom. The van der Waals surface area contributed by atoms with Gasteiger partial charge in [0, 0.05) is 18.4 Å². The number of rotatable bonds is 7. The standard InChI is InChI=1S/C29H38O3P/c1-8-21-13-12-14-22(9-2)25(21)26(30)29(15-10-11-16-29)33(32)27(31)24-19(3)17-23(18-20(24)4)28(5,6)7/h12-14,17-18H,8-11,15-16H2,1-7H3/q+1. The predicted octanol–water partition coefficient (Wildman–Crippen LogP) is 7.89. The molecule has 0 amide bonds. The van der Waals surface area contributed by atoms with E-state index in [1.54, 1.807) is 0 Å². The maximum absolute atomic E-state index is 14.1. The van der Waals surface area contributed by atoms with E-state index in [-0.39, 0.29) is 16.7 Å². The minimum Gasteiger partial charge on any atom is -0.289 e. The first kappa shape index (κ1) is 25.5. The van der Waals surface area contributed by atoms with Crippen LogP contribution in [0.25, 0.3) is 0 Å². The lowest BCUT2D eigenvalue weighted by Gasteiger charge is -2.22. The van der Waals surface area contributed by atoms with E-state index in [0.717, 1.165) is 53.5 Å². The van der Waals surface area contributed by atoms with E-state index < -0.39 is 13.0 Å². The summed E-state index contributed by atoms with van der Waals surface area (Å²) in [6.07, 6.45) is 4.18. The highest BCUT2D eigenvalue weighted by molar-refractivity contribution is 7.67. The Hall–Kier alpha value is -2.12. The van der Waals surface area contributed by atoms with Crippen molar-refractivity contribution in [3.05, 3.63) is 69.3 Å². The zero-order valence-electron chi connectivity index (χ0n) is 21.3. The molecule has 3 rings (SSSR count). The first-order chi connectivity index (χ1) is 15.5. The van der Waals surface area contributed by atoms with Crippen LogP contribution >= 0.6 is 7.80 Å². The summed E-state index contributed by atoms with van der Waals surface area (Å²) in [5, 5.41) is -1.09. The number of aryl methyl sites for hydroxylation is 4. The molecule has 33 heavy (non-hydrogen) atoms. The third-order valence-electron chi connectivity index (χ3n) is 7.27. The molecular weight excluding hydrogens is 427 g/mol. The van der Waals surface area contributed by atoms with Gasteiger partial charge < -0.3 is 0 Å². The number of Topliss-reactive ketones (excluding diaryl/α,β-unsaturated/α-hetero) is 1. The van der Waals surface area contributed by atoms with Crippen molar-refractivity contribution in [1.82, 2.24) is 0 Å². The molecule has 1 atom stereocenters. The van der Waals surface area contributed by atoms with Crippen molar-refractivity contribution < 1.29 is 14.2 Å². The largest absolute Gasteiger partial charge is 0.434 e. The fraction of sp³-hybridized carbons (Fsp3) is 0.517. The van der Waals surface area contributed by atoms with Crippen molar-refractivity contribution in [1.29, 1.82) is 0 Å².